The molecule has 1 atom stereocenters. The summed E-state index contributed by atoms with van der Waals surface area (Å²) >= 11 is 0. The van der Waals surface area contributed by atoms with E-state index in [-0.39, 0.29) is 6.10 Å². The third kappa shape index (κ3) is 11.8. The summed E-state index contributed by atoms with van der Waals surface area (Å²) < 4.78 is 10.6. The molecule has 0 spiro atoms. The van der Waals surface area contributed by atoms with E-state index >= 15 is 0 Å². The number of hydrogen-bond acceptors (Lipinski definition) is 5. The summed E-state index contributed by atoms with van der Waals surface area (Å²) in [6, 6.07) is -1.37. The van der Waals surface area contributed by atoms with Crippen LogP contribution in [0.2, 0.25) is 0 Å². The maximum atomic E-state index is 12.3. The summed E-state index contributed by atoms with van der Waals surface area (Å²) in [6.07, 6.45) is 10.7. The van der Waals surface area contributed by atoms with Crippen molar-refractivity contribution < 1.29 is 29.0 Å². The summed E-state index contributed by atoms with van der Waals surface area (Å²) in [5.41, 5.74) is -0.749. The van der Waals surface area contributed by atoms with Gasteiger partial charge in [-0.05, 0) is 46.5 Å². The predicted octanol–water partition coefficient (Wildman–Crippen LogP) is 4.57. The Hall–Kier alpha value is -1.79. The molecule has 1 fully saturated rings. The lowest BCUT2D eigenvalue weighted by Crippen LogP contribution is -2.45. The number of ether oxygens (including phenoxy) is 2. The Kier molecular flexibility index (Phi) is 10.9. The minimum atomic E-state index is -1.37. The third-order valence-electron chi connectivity index (χ3n) is 4.71. The third-order valence-corrected chi connectivity index (χ3v) is 4.71. The largest absolute Gasteiger partial charge is 0.480 e. The first kappa shape index (κ1) is 24.2. The quantitative estimate of drug-likeness (QED) is 0.657. The van der Waals surface area contributed by atoms with Crippen LogP contribution < -0.4 is 5.32 Å². The zero-order valence-electron chi connectivity index (χ0n) is 17.6. The summed E-state index contributed by atoms with van der Waals surface area (Å²) in [6.45, 7) is 5.04. The highest BCUT2D eigenvalue weighted by atomic mass is 16.6. The number of alkyl carbamates (subject to hydrolysis) is 1. The van der Waals surface area contributed by atoms with E-state index in [1.807, 2.05) is 0 Å². The lowest BCUT2D eigenvalue weighted by molar-refractivity contribution is -0.154. The normalized spacial score (nSPS) is 18.8. The summed E-state index contributed by atoms with van der Waals surface area (Å²) in [5.74, 6) is -1.89. The molecule has 0 aromatic rings. The molecule has 0 saturated heterocycles. The van der Waals surface area contributed by atoms with Gasteiger partial charge >= 0.3 is 18.0 Å². The molecule has 162 valence electrons. The predicted molar refractivity (Wildman–Crippen MR) is 106 cm³/mol. The van der Waals surface area contributed by atoms with Crippen molar-refractivity contribution in [1.29, 1.82) is 0 Å². The van der Waals surface area contributed by atoms with Crippen molar-refractivity contribution in [2.24, 2.45) is 0 Å². The van der Waals surface area contributed by atoms with Crippen molar-refractivity contribution in [2.75, 3.05) is 0 Å². The molecule has 1 rings (SSSR count). The second-order valence-corrected chi connectivity index (χ2v) is 8.61. The van der Waals surface area contributed by atoms with Crippen LogP contribution in [-0.2, 0) is 19.1 Å². The number of aliphatic carboxylic acids is 1. The number of carboxylic acid groups (broad SMARTS) is 1. The molecule has 7 nitrogen and oxygen atoms in total. The molecule has 0 radical (unpaired) electrons. The van der Waals surface area contributed by atoms with Gasteiger partial charge in [-0.2, -0.15) is 0 Å². The number of amides is 1. The fourth-order valence-electron chi connectivity index (χ4n) is 3.29. The van der Waals surface area contributed by atoms with Gasteiger partial charge in [0.05, 0.1) is 6.42 Å². The monoisotopic (exact) mass is 399 g/mol. The molecule has 0 unspecified atom stereocenters. The van der Waals surface area contributed by atoms with Crippen molar-refractivity contribution >= 4 is 18.0 Å². The number of nitrogens with one attached hydrogen (secondary N) is 1. The topological polar surface area (TPSA) is 102 Å². The maximum Gasteiger partial charge on any atom is 0.408 e. The van der Waals surface area contributed by atoms with Gasteiger partial charge in [0.25, 0.3) is 0 Å². The zero-order chi connectivity index (χ0) is 21.0. The van der Waals surface area contributed by atoms with Crippen molar-refractivity contribution in [3.8, 4) is 0 Å². The summed E-state index contributed by atoms with van der Waals surface area (Å²) in [7, 11) is 0. The van der Waals surface area contributed by atoms with Gasteiger partial charge < -0.3 is 19.9 Å². The van der Waals surface area contributed by atoms with Crippen LogP contribution in [0.5, 0.6) is 0 Å². The van der Waals surface area contributed by atoms with Crippen LogP contribution in [0.25, 0.3) is 0 Å². The van der Waals surface area contributed by atoms with Crippen LogP contribution in [-0.4, -0.2) is 40.9 Å². The molecule has 1 aliphatic rings. The Morgan fingerprint density at radius 3 is 1.82 bits per heavy atom. The molecule has 0 bridgehead atoms. The van der Waals surface area contributed by atoms with Gasteiger partial charge in [-0.25, -0.2) is 9.59 Å². The Bertz CT molecular complexity index is 488. The molecule has 1 aliphatic carbocycles. The maximum absolute atomic E-state index is 12.3. The Labute approximate surface area is 168 Å². The highest BCUT2D eigenvalue weighted by Crippen LogP contribution is 2.19. The number of carbonyl (C=O) groups is 3. The second kappa shape index (κ2) is 12.6. The lowest BCUT2D eigenvalue weighted by Gasteiger charge is -2.22. The molecular formula is C21H37NO6. The SMILES string of the molecule is CC(C)(C)OC(=O)N[C@@H](CC(=O)OC1CCCCCCCCCCC1)C(=O)O. The van der Waals surface area contributed by atoms with Crippen LogP contribution in [0.1, 0.15) is 97.8 Å². The first-order valence-electron chi connectivity index (χ1n) is 10.6. The van der Waals surface area contributed by atoms with Gasteiger partial charge in [0.1, 0.15) is 17.7 Å². The van der Waals surface area contributed by atoms with Gasteiger partial charge in [0, 0.05) is 0 Å². The van der Waals surface area contributed by atoms with Crippen LogP contribution in [0, 0.1) is 0 Å². The average Bonchev–Trinajstić information content (AvgIpc) is 2.55. The van der Waals surface area contributed by atoms with Crippen molar-refractivity contribution in [3.63, 3.8) is 0 Å². The fraction of sp³-hybridized carbons (Fsp3) is 0.857. The van der Waals surface area contributed by atoms with E-state index in [2.05, 4.69) is 5.32 Å². The number of rotatable bonds is 5. The van der Waals surface area contributed by atoms with Gasteiger partial charge in [0.2, 0.25) is 0 Å². The minimum Gasteiger partial charge on any atom is -0.480 e. The Morgan fingerprint density at radius 2 is 1.39 bits per heavy atom. The van der Waals surface area contributed by atoms with Crippen LogP contribution in [0.15, 0.2) is 0 Å². The Balaban J connectivity index is 2.53. The van der Waals surface area contributed by atoms with Crippen LogP contribution >= 0.6 is 0 Å². The first-order valence-corrected chi connectivity index (χ1v) is 10.6. The lowest BCUT2D eigenvalue weighted by atomic mass is 9.99. The van der Waals surface area contributed by atoms with Crippen LogP contribution in [0.3, 0.4) is 0 Å². The molecular weight excluding hydrogens is 362 g/mol. The van der Waals surface area contributed by atoms with Gasteiger partial charge in [-0.15, -0.1) is 0 Å². The number of hydrogen-bond donors (Lipinski definition) is 2. The molecule has 7 heteroatoms. The number of carboxylic acids is 1. The molecule has 2 N–H and O–H groups in total. The van der Waals surface area contributed by atoms with E-state index < -0.39 is 36.1 Å². The van der Waals surface area contributed by atoms with Crippen molar-refractivity contribution in [2.45, 2.75) is 116 Å². The Morgan fingerprint density at radius 1 is 0.929 bits per heavy atom. The standard InChI is InChI=1S/C21H37NO6/c1-21(2,3)28-20(26)22-17(19(24)25)15-18(23)27-16-13-11-9-7-5-4-6-8-10-12-14-16/h16-17H,4-15H2,1-3H3,(H,22,26)(H,24,25)/t17-/m0/s1. The molecule has 1 saturated carbocycles. The zero-order valence-corrected chi connectivity index (χ0v) is 17.6. The second-order valence-electron chi connectivity index (χ2n) is 8.61. The van der Waals surface area contributed by atoms with E-state index in [0.717, 1.165) is 38.5 Å². The highest BCUT2D eigenvalue weighted by molar-refractivity contribution is 5.85. The number of esters is 1. The average molecular weight is 400 g/mol. The van der Waals surface area contributed by atoms with E-state index in [9.17, 15) is 19.5 Å². The molecule has 1 amide bonds. The van der Waals surface area contributed by atoms with E-state index in [0.29, 0.717) is 0 Å². The smallest absolute Gasteiger partial charge is 0.408 e. The van der Waals surface area contributed by atoms with Gasteiger partial charge in [-0.1, -0.05) is 44.9 Å². The van der Waals surface area contributed by atoms with Crippen LogP contribution in [0.4, 0.5) is 4.79 Å². The van der Waals surface area contributed by atoms with Gasteiger partial charge in [0.15, 0.2) is 0 Å². The van der Waals surface area contributed by atoms with Crippen molar-refractivity contribution in [1.82, 2.24) is 5.32 Å². The molecule has 0 heterocycles. The first-order chi connectivity index (χ1) is 13.2. The molecule has 0 aromatic heterocycles. The highest BCUT2D eigenvalue weighted by Gasteiger charge is 2.28. The summed E-state index contributed by atoms with van der Waals surface area (Å²) in [5, 5.41) is 11.5. The molecule has 0 aromatic carbocycles. The van der Waals surface area contributed by atoms with E-state index in [1.165, 1.54) is 32.1 Å². The minimum absolute atomic E-state index is 0.178. The molecule has 28 heavy (non-hydrogen) atoms. The molecule has 0 aliphatic heterocycles. The van der Waals surface area contributed by atoms with Gasteiger partial charge in [-0.3, -0.25) is 4.79 Å². The van der Waals surface area contributed by atoms with E-state index in [4.69, 9.17) is 9.47 Å². The fourth-order valence-corrected chi connectivity index (χ4v) is 3.29. The summed E-state index contributed by atoms with van der Waals surface area (Å²) in [4.78, 5) is 35.5. The van der Waals surface area contributed by atoms with Crippen molar-refractivity contribution in [3.05, 3.63) is 0 Å². The van der Waals surface area contributed by atoms with E-state index in [1.54, 1.807) is 20.8 Å². The number of carbonyl (C=O) groups excluding carboxylic acids is 2.